The van der Waals surface area contributed by atoms with Gasteiger partial charge in [0, 0.05) is 0 Å². The van der Waals surface area contributed by atoms with Crippen molar-refractivity contribution in [2.45, 2.75) is 6.92 Å². The predicted octanol–water partition coefficient (Wildman–Crippen LogP) is 3.49. The molecule has 0 radical (unpaired) electrons. The van der Waals surface area contributed by atoms with Gasteiger partial charge in [0.15, 0.2) is 11.5 Å². The van der Waals surface area contributed by atoms with Crippen LogP contribution < -0.4 is 15.0 Å². The topological polar surface area (TPSA) is 78.9 Å². The zero-order valence-electron chi connectivity index (χ0n) is 13.3. The maximum Gasteiger partial charge on any atom is 0.333 e. The lowest BCUT2D eigenvalue weighted by molar-refractivity contribution is -0.113. The first-order valence-corrected chi connectivity index (χ1v) is 8.66. The average molecular weight is 450 g/mol. The number of hydrogen-bond donors (Lipinski definition) is 2. The van der Waals surface area contributed by atoms with E-state index >= 15 is 0 Å². The zero-order valence-corrected chi connectivity index (χ0v) is 15.5. The molecule has 0 bridgehead atoms. The molecular formula is C18H15IN2O4. The summed E-state index contributed by atoms with van der Waals surface area (Å²) < 4.78 is 5.98. The molecule has 0 atom stereocenters. The number of ether oxygens (including phenoxy) is 1. The molecule has 6 nitrogen and oxygen atoms in total. The molecule has 3 rings (SSSR count). The summed E-state index contributed by atoms with van der Waals surface area (Å²) in [4.78, 5) is 25.8. The minimum Gasteiger partial charge on any atom is -0.504 e. The number of urea groups is 1. The molecule has 0 unspecified atom stereocenters. The Kier molecular flexibility index (Phi) is 4.93. The summed E-state index contributed by atoms with van der Waals surface area (Å²) in [6.45, 7) is 2.22. The van der Waals surface area contributed by atoms with E-state index < -0.39 is 11.9 Å². The maximum atomic E-state index is 12.6. The van der Waals surface area contributed by atoms with Gasteiger partial charge >= 0.3 is 6.03 Å². The van der Waals surface area contributed by atoms with Gasteiger partial charge in [-0.05, 0) is 65.4 Å². The summed E-state index contributed by atoms with van der Waals surface area (Å²) in [5.41, 5.74) is 1.31. The van der Waals surface area contributed by atoms with Gasteiger partial charge in [-0.15, -0.1) is 0 Å². The number of carbonyl (C=O) groups is 2. The maximum absolute atomic E-state index is 12.6. The Hall–Kier alpha value is -2.55. The Bertz CT molecular complexity index is 865. The molecule has 7 heteroatoms. The van der Waals surface area contributed by atoms with Gasteiger partial charge in [-0.25, -0.2) is 9.69 Å². The van der Waals surface area contributed by atoms with Crippen molar-refractivity contribution in [3.8, 4) is 11.5 Å². The van der Waals surface area contributed by atoms with Crippen LogP contribution in [0.25, 0.3) is 6.08 Å². The standard InChI is InChI=1S/C18H15IN2O4/c1-2-25-15-10-11(8-13(19)16(15)22)9-14-17(23)21(18(24)20-14)12-6-4-3-5-7-12/h3-10,22H,2H2,1H3,(H,20,24). The number of phenolic OH excluding ortho intramolecular Hbond substituents is 1. The summed E-state index contributed by atoms with van der Waals surface area (Å²) >= 11 is 1.98. The summed E-state index contributed by atoms with van der Waals surface area (Å²) in [6.07, 6.45) is 1.56. The Balaban J connectivity index is 1.95. The second-order valence-electron chi connectivity index (χ2n) is 5.25. The predicted molar refractivity (Wildman–Crippen MR) is 102 cm³/mol. The smallest absolute Gasteiger partial charge is 0.333 e. The third-order valence-corrected chi connectivity index (χ3v) is 4.38. The number of carbonyl (C=O) groups excluding carboxylic acids is 2. The molecule has 1 aliphatic heterocycles. The molecule has 0 aromatic heterocycles. The minimum absolute atomic E-state index is 0.0531. The number of nitrogens with one attached hydrogen (secondary N) is 1. The molecule has 2 N–H and O–H groups in total. The van der Waals surface area contributed by atoms with Crippen LogP contribution in [0.15, 0.2) is 48.2 Å². The molecule has 25 heavy (non-hydrogen) atoms. The van der Waals surface area contributed by atoms with E-state index in [2.05, 4.69) is 5.32 Å². The molecular weight excluding hydrogens is 435 g/mol. The van der Waals surface area contributed by atoms with Crippen LogP contribution in [-0.2, 0) is 4.79 Å². The van der Waals surface area contributed by atoms with Gasteiger partial charge in [-0.3, -0.25) is 4.79 Å². The number of rotatable bonds is 4. The fourth-order valence-electron chi connectivity index (χ4n) is 2.46. The number of benzene rings is 2. The molecule has 2 aromatic rings. The molecule has 0 saturated carbocycles. The number of hydrogen-bond acceptors (Lipinski definition) is 4. The van der Waals surface area contributed by atoms with Crippen molar-refractivity contribution in [1.82, 2.24) is 5.32 Å². The van der Waals surface area contributed by atoms with E-state index in [-0.39, 0.29) is 11.4 Å². The molecule has 1 saturated heterocycles. The van der Waals surface area contributed by atoms with Crippen LogP contribution >= 0.6 is 22.6 Å². The SMILES string of the molecule is CCOc1cc(C=C2NC(=O)N(c3ccccc3)C2=O)cc(I)c1O. The quantitative estimate of drug-likeness (QED) is 0.425. The molecule has 128 valence electrons. The highest BCUT2D eigenvalue weighted by Gasteiger charge is 2.34. The van der Waals surface area contributed by atoms with Gasteiger partial charge in [0.1, 0.15) is 5.70 Å². The largest absolute Gasteiger partial charge is 0.504 e. The Labute approximate surface area is 158 Å². The lowest BCUT2D eigenvalue weighted by atomic mass is 10.1. The number of para-hydroxylation sites is 1. The lowest BCUT2D eigenvalue weighted by Crippen LogP contribution is -2.30. The minimum atomic E-state index is -0.499. The van der Waals surface area contributed by atoms with Crippen molar-refractivity contribution in [2.24, 2.45) is 0 Å². The summed E-state index contributed by atoms with van der Waals surface area (Å²) in [5.74, 6) is -0.0486. The third-order valence-electron chi connectivity index (χ3n) is 3.55. The van der Waals surface area contributed by atoms with Gasteiger partial charge in [0.05, 0.1) is 15.9 Å². The molecule has 1 aliphatic rings. The number of phenols is 1. The number of halogens is 1. The van der Waals surface area contributed by atoms with Crippen molar-refractivity contribution in [2.75, 3.05) is 11.5 Å². The van der Waals surface area contributed by atoms with E-state index in [1.54, 1.807) is 42.5 Å². The highest BCUT2D eigenvalue weighted by Crippen LogP contribution is 2.33. The van der Waals surface area contributed by atoms with E-state index in [0.29, 0.717) is 27.2 Å². The van der Waals surface area contributed by atoms with Gasteiger partial charge in [0.25, 0.3) is 5.91 Å². The van der Waals surface area contributed by atoms with E-state index in [1.807, 2.05) is 35.6 Å². The van der Waals surface area contributed by atoms with Gasteiger partial charge in [-0.2, -0.15) is 0 Å². The monoisotopic (exact) mass is 450 g/mol. The average Bonchev–Trinajstić information content (AvgIpc) is 2.87. The van der Waals surface area contributed by atoms with Gasteiger partial charge < -0.3 is 15.2 Å². The Morgan fingerprint density at radius 3 is 2.64 bits per heavy atom. The van der Waals surface area contributed by atoms with Gasteiger partial charge in [-0.1, -0.05) is 18.2 Å². The number of imide groups is 1. The zero-order chi connectivity index (χ0) is 18.0. The highest BCUT2D eigenvalue weighted by atomic mass is 127. The first kappa shape index (κ1) is 17.3. The van der Waals surface area contributed by atoms with Crippen molar-refractivity contribution in [3.63, 3.8) is 0 Å². The number of nitrogens with zero attached hydrogens (tertiary/aromatic N) is 1. The molecule has 1 heterocycles. The van der Waals surface area contributed by atoms with E-state index in [0.717, 1.165) is 4.90 Å². The van der Waals surface area contributed by atoms with Crippen molar-refractivity contribution < 1.29 is 19.4 Å². The fraction of sp³-hybridized carbons (Fsp3) is 0.111. The molecule has 0 aliphatic carbocycles. The lowest BCUT2D eigenvalue weighted by Gasteiger charge is -2.11. The van der Waals surface area contributed by atoms with Crippen molar-refractivity contribution in [3.05, 3.63) is 57.3 Å². The first-order chi connectivity index (χ1) is 12.0. The van der Waals surface area contributed by atoms with Crippen LogP contribution in [0.2, 0.25) is 0 Å². The fourth-order valence-corrected chi connectivity index (χ4v) is 3.08. The van der Waals surface area contributed by atoms with E-state index in [1.165, 1.54) is 0 Å². The summed E-state index contributed by atoms with van der Waals surface area (Å²) in [5, 5.41) is 12.6. The third kappa shape index (κ3) is 3.46. The number of aromatic hydroxyl groups is 1. The molecule has 3 amide bonds. The normalized spacial score (nSPS) is 15.6. The van der Waals surface area contributed by atoms with Crippen LogP contribution in [0, 0.1) is 3.57 Å². The Morgan fingerprint density at radius 1 is 1.24 bits per heavy atom. The molecule has 0 spiro atoms. The number of amides is 3. The van der Waals surface area contributed by atoms with Crippen LogP contribution in [-0.4, -0.2) is 23.7 Å². The van der Waals surface area contributed by atoms with Crippen molar-refractivity contribution >= 4 is 46.3 Å². The summed E-state index contributed by atoms with van der Waals surface area (Å²) in [6, 6.07) is 11.5. The first-order valence-electron chi connectivity index (χ1n) is 7.58. The second-order valence-corrected chi connectivity index (χ2v) is 6.41. The Morgan fingerprint density at radius 2 is 1.96 bits per heavy atom. The van der Waals surface area contributed by atoms with Gasteiger partial charge in [0.2, 0.25) is 0 Å². The number of anilines is 1. The summed E-state index contributed by atoms with van der Waals surface area (Å²) in [7, 11) is 0. The molecule has 1 fully saturated rings. The second kappa shape index (κ2) is 7.14. The van der Waals surface area contributed by atoms with E-state index in [4.69, 9.17) is 4.74 Å². The highest BCUT2D eigenvalue weighted by molar-refractivity contribution is 14.1. The van der Waals surface area contributed by atoms with E-state index in [9.17, 15) is 14.7 Å². The van der Waals surface area contributed by atoms with Crippen LogP contribution in [0.5, 0.6) is 11.5 Å². The molecule has 2 aromatic carbocycles. The van der Waals surface area contributed by atoms with Crippen molar-refractivity contribution in [1.29, 1.82) is 0 Å². The van der Waals surface area contributed by atoms with Crippen LogP contribution in [0.1, 0.15) is 12.5 Å². The van der Waals surface area contributed by atoms with Crippen LogP contribution in [0.4, 0.5) is 10.5 Å². The van der Waals surface area contributed by atoms with Crippen LogP contribution in [0.3, 0.4) is 0 Å².